The maximum atomic E-state index is 8.52. The lowest BCUT2D eigenvalue weighted by atomic mass is 10.1. The zero-order chi connectivity index (χ0) is 9.68. The van der Waals surface area contributed by atoms with Gasteiger partial charge >= 0.3 is 7.32 Å². The van der Waals surface area contributed by atoms with Crippen molar-refractivity contribution in [3.8, 4) is 11.8 Å². The smallest absolute Gasteiger partial charge is 0.510 e. The van der Waals surface area contributed by atoms with Crippen LogP contribution in [0.2, 0.25) is 0 Å². The van der Waals surface area contributed by atoms with Crippen molar-refractivity contribution in [3.63, 3.8) is 0 Å². The van der Waals surface area contributed by atoms with Gasteiger partial charge in [0.05, 0.1) is 18.7 Å². The summed E-state index contributed by atoms with van der Waals surface area (Å²) in [5.41, 5.74) is 0.575. The Morgan fingerprint density at radius 1 is 1.62 bits per heavy atom. The molecule has 66 valence electrons. The SMILES string of the molecule is N#CCc1ccncc1OB(O)O. The Kier molecular flexibility index (Phi) is 3.26. The molecule has 0 saturated carbocycles. The molecule has 0 aliphatic carbocycles. The van der Waals surface area contributed by atoms with Crippen LogP contribution >= 0.6 is 0 Å². The molecule has 1 heterocycles. The lowest BCUT2D eigenvalue weighted by Gasteiger charge is -2.06. The maximum Gasteiger partial charge on any atom is 0.707 e. The summed E-state index contributed by atoms with van der Waals surface area (Å²) in [5.74, 6) is 0.207. The Labute approximate surface area is 75.4 Å². The average Bonchev–Trinajstić information content (AvgIpc) is 2.08. The second-order valence-corrected chi connectivity index (χ2v) is 2.26. The van der Waals surface area contributed by atoms with Crippen molar-refractivity contribution >= 4 is 7.32 Å². The summed E-state index contributed by atoms with van der Waals surface area (Å²) < 4.78 is 4.60. The van der Waals surface area contributed by atoms with Crippen molar-refractivity contribution in [2.75, 3.05) is 0 Å². The van der Waals surface area contributed by atoms with Crippen molar-refractivity contribution in [2.24, 2.45) is 0 Å². The summed E-state index contributed by atoms with van der Waals surface area (Å²) >= 11 is 0. The van der Waals surface area contributed by atoms with Crippen LogP contribution in [0.1, 0.15) is 5.56 Å². The third kappa shape index (κ3) is 2.74. The first-order valence-electron chi connectivity index (χ1n) is 3.56. The van der Waals surface area contributed by atoms with E-state index in [0.717, 1.165) is 0 Å². The van der Waals surface area contributed by atoms with Gasteiger partial charge in [-0.2, -0.15) is 5.26 Å². The zero-order valence-corrected chi connectivity index (χ0v) is 6.71. The van der Waals surface area contributed by atoms with Crippen LogP contribution in [0.3, 0.4) is 0 Å². The van der Waals surface area contributed by atoms with Crippen LogP contribution in [-0.4, -0.2) is 22.4 Å². The molecule has 0 atom stereocenters. The van der Waals surface area contributed by atoms with Crippen LogP contribution in [-0.2, 0) is 6.42 Å². The maximum absolute atomic E-state index is 8.52. The second kappa shape index (κ2) is 4.45. The van der Waals surface area contributed by atoms with E-state index in [-0.39, 0.29) is 12.2 Å². The molecule has 0 radical (unpaired) electrons. The van der Waals surface area contributed by atoms with Gasteiger partial charge in [-0.15, -0.1) is 0 Å². The van der Waals surface area contributed by atoms with Gasteiger partial charge in [-0.3, -0.25) is 4.98 Å². The average molecular weight is 178 g/mol. The monoisotopic (exact) mass is 178 g/mol. The number of pyridine rings is 1. The molecule has 0 fully saturated rings. The highest BCUT2D eigenvalue weighted by molar-refractivity contribution is 6.33. The van der Waals surface area contributed by atoms with E-state index in [1.807, 2.05) is 6.07 Å². The van der Waals surface area contributed by atoms with Crippen LogP contribution in [0.4, 0.5) is 0 Å². The number of hydrogen-bond donors (Lipinski definition) is 2. The number of nitriles is 1. The molecule has 0 bridgehead atoms. The fourth-order valence-corrected chi connectivity index (χ4v) is 0.860. The summed E-state index contributed by atoms with van der Waals surface area (Å²) in [6.45, 7) is 0. The van der Waals surface area contributed by atoms with Crippen LogP contribution < -0.4 is 4.65 Å². The highest BCUT2D eigenvalue weighted by Crippen LogP contribution is 2.16. The molecule has 0 aliphatic heterocycles. The molecule has 2 N–H and O–H groups in total. The van der Waals surface area contributed by atoms with Gasteiger partial charge in [0.25, 0.3) is 0 Å². The first kappa shape index (κ1) is 9.51. The molecule has 1 aromatic rings. The first-order valence-corrected chi connectivity index (χ1v) is 3.56. The molecule has 6 heteroatoms. The lowest BCUT2D eigenvalue weighted by molar-refractivity contribution is 0.286. The lowest BCUT2D eigenvalue weighted by Crippen LogP contribution is -2.21. The van der Waals surface area contributed by atoms with Crippen LogP contribution in [0, 0.1) is 11.3 Å². The summed E-state index contributed by atoms with van der Waals surface area (Å²) in [4.78, 5) is 3.72. The van der Waals surface area contributed by atoms with Crippen molar-refractivity contribution < 1.29 is 14.7 Å². The first-order chi connectivity index (χ1) is 6.24. The van der Waals surface area contributed by atoms with Gasteiger partial charge in [-0.25, -0.2) is 0 Å². The van der Waals surface area contributed by atoms with Crippen LogP contribution in [0.5, 0.6) is 5.75 Å². The molecule has 0 aromatic carbocycles. The fourth-order valence-electron chi connectivity index (χ4n) is 0.860. The number of nitrogens with zero attached hydrogens (tertiary/aromatic N) is 2. The predicted molar refractivity (Wildman–Crippen MR) is 44.4 cm³/mol. The highest BCUT2D eigenvalue weighted by atomic mass is 16.6. The highest BCUT2D eigenvalue weighted by Gasteiger charge is 2.13. The van der Waals surface area contributed by atoms with Gasteiger partial charge in [0.15, 0.2) is 0 Å². The summed E-state index contributed by atoms with van der Waals surface area (Å²) in [6, 6.07) is 3.51. The third-order valence-corrected chi connectivity index (χ3v) is 1.37. The standard InChI is InChI=1S/C7H7BN2O3/c9-3-1-6-2-4-10-5-7(6)13-8(11)12/h2,4-5,11-12H,1H2. The van der Waals surface area contributed by atoms with E-state index >= 15 is 0 Å². The predicted octanol–water partition coefficient (Wildman–Crippen LogP) is -0.504. The molecule has 5 nitrogen and oxygen atoms in total. The summed E-state index contributed by atoms with van der Waals surface area (Å²) in [7, 11) is -1.89. The molecule has 0 aliphatic rings. The third-order valence-electron chi connectivity index (χ3n) is 1.37. The van der Waals surface area contributed by atoms with Crippen LogP contribution in [0.15, 0.2) is 18.5 Å². The van der Waals surface area contributed by atoms with Gasteiger partial charge in [0, 0.05) is 11.8 Å². The van der Waals surface area contributed by atoms with Crippen molar-refractivity contribution in [1.82, 2.24) is 4.98 Å². The fraction of sp³-hybridized carbons (Fsp3) is 0.143. The summed E-state index contributed by atoms with van der Waals surface area (Å²) in [5, 5.41) is 25.5. The number of hydrogen-bond acceptors (Lipinski definition) is 5. The number of rotatable bonds is 3. The minimum atomic E-state index is -1.89. The molecule has 0 spiro atoms. The second-order valence-electron chi connectivity index (χ2n) is 2.26. The Morgan fingerprint density at radius 3 is 3.00 bits per heavy atom. The zero-order valence-electron chi connectivity index (χ0n) is 6.71. The van der Waals surface area contributed by atoms with Crippen molar-refractivity contribution in [1.29, 1.82) is 5.26 Å². The molecular weight excluding hydrogens is 171 g/mol. The van der Waals surface area contributed by atoms with E-state index < -0.39 is 7.32 Å². The Hall–Kier alpha value is -1.58. The van der Waals surface area contributed by atoms with Gasteiger partial charge < -0.3 is 14.7 Å². The largest absolute Gasteiger partial charge is 0.707 e. The molecule has 0 unspecified atom stereocenters. The van der Waals surface area contributed by atoms with E-state index in [0.29, 0.717) is 5.56 Å². The minimum absolute atomic E-state index is 0.143. The van der Waals surface area contributed by atoms with Gasteiger partial charge in [-0.1, -0.05) is 0 Å². The quantitative estimate of drug-likeness (QED) is 0.609. The van der Waals surface area contributed by atoms with Crippen LogP contribution in [0.25, 0.3) is 0 Å². The molecule has 1 rings (SSSR count). The van der Waals surface area contributed by atoms with E-state index in [4.69, 9.17) is 15.3 Å². The molecule has 13 heavy (non-hydrogen) atoms. The van der Waals surface area contributed by atoms with Crippen molar-refractivity contribution in [2.45, 2.75) is 6.42 Å². The van der Waals surface area contributed by atoms with Gasteiger partial charge in [-0.05, 0) is 6.07 Å². The topological polar surface area (TPSA) is 86.4 Å². The normalized spacial score (nSPS) is 9.00. The molecule has 1 aromatic heterocycles. The van der Waals surface area contributed by atoms with E-state index in [9.17, 15) is 0 Å². The Bertz CT molecular complexity index is 324. The Balaban J connectivity index is 2.85. The van der Waals surface area contributed by atoms with Gasteiger partial charge in [0.1, 0.15) is 5.75 Å². The molecule has 0 amide bonds. The summed E-state index contributed by atoms with van der Waals surface area (Å²) in [6.07, 6.45) is 2.97. The van der Waals surface area contributed by atoms with E-state index in [1.165, 1.54) is 12.4 Å². The van der Waals surface area contributed by atoms with Gasteiger partial charge in [0.2, 0.25) is 0 Å². The van der Waals surface area contributed by atoms with E-state index in [2.05, 4.69) is 9.64 Å². The van der Waals surface area contributed by atoms with E-state index in [1.54, 1.807) is 6.07 Å². The van der Waals surface area contributed by atoms with Crippen molar-refractivity contribution in [3.05, 3.63) is 24.0 Å². The molecular formula is C7H7BN2O3. The Morgan fingerprint density at radius 2 is 2.38 bits per heavy atom. The number of aromatic nitrogens is 1. The molecule has 0 saturated heterocycles. The minimum Gasteiger partial charge on any atom is -0.510 e.